The van der Waals surface area contributed by atoms with Crippen LogP contribution in [-0.2, 0) is 14.4 Å². The minimum absolute atomic E-state index is 0.0487. The fraction of sp³-hybridized carbons (Fsp3) is 0.421. The van der Waals surface area contributed by atoms with Gasteiger partial charge in [-0.3, -0.25) is 14.4 Å². The summed E-state index contributed by atoms with van der Waals surface area (Å²) in [7, 11) is 0. The lowest BCUT2D eigenvalue weighted by Crippen LogP contribution is -2.34. The topological polar surface area (TPSA) is 158 Å². The number of carboxylic acids is 3. The van der Waals surface area contributed by atoms with Crippen molar-refractivity contribution >= 4 is 29.7 Å². The highest BCUT2D eigenvalue weighted by molar-refractivity contribution is 8.00. The summed E-state index contributed by atoms with van der Waals surface area (Å²) in [5.74, 6) is -2.86. The normalized spacial score (nSPS) is 15.5. The van der Waals surface area contributed by atoms with Gasteiger partial charge in [-0.1, -0.05) is 48.6 Å². The first-order valence-corrected chi connectivity index (χ1v) is 9.67. The van der Waals surface area contributed by atoms with Crippen molar-refractivity contribution in [3.8, 4) is 0 Å². The van der Waals surface area contributed by atoms with Gasteiger partial charge in [0.25, 0.3) is 0 Å². The van der Waals surface area contributed by atoms with Gasteiger partial charge in [0, 0.05) is 17.4 Å². The molecule has 8 nitrogen and oxygen atoms in total. The Morgan fingerprint density at radius 1 is 0.929 bits per heavy atom. The van der Waals surface area contributed by atoms with E-state index in [1.54, 1.807) is 42.5 Å². The molecule has 0 aliphatic heterocycles. The Balaban J connectivity index is 4.68. The Morgan fingerprint density at radius 3 is 2.11 bits per heavy atom. The molecular formula is C19H27NO7S. The van der Waals surface area contributed by atoms with E-state index in [9.17, 15) is 19.5 Å². The Kier molecular flexibility index (Phi) is 14.4. The molecule has 0 radical (unpaired) electrons. The van der Waals surface area contributed by atoms with Crippen LogP contribution in [0.2, 0.25) is 0 Å². The van der Waals surface area contributed by atoms with Crippen molar-refractivity contribution in [1.29, 1.82) is 0 Å². The van der Waals surface area contributed by atoms with Crippen LogP contribution in [0, 0.1) is 0 Å². The highest BCUT2D eigenvalue weighted by atomic mass is 32.2. The van der Waals surface area contributed by atoms with E-state index in [1.807, 2.05) is 0 Å². The third kappa shape index (κ3) is 14.8. The fourth-order valence-corrected chi connectivity index (χ4v) is 3.02. The number of hydrogen-bond acceptors (Lipinski definition) is 6. The van der Waals surface area contributed by atoms with Gasteiger partial charge < -0.3 is 26.2 Å². The van der Waals surface area contributed by atoms with Crippen LogP contribution in [0.15, 0.2) is 48.6 Å². The molecule has 9 heteroatoms. The molecule has 0 saturated heterocycles. The molecule has 0 unspecified atom stereocenters. The number of thioether (sulfide) groups is 1. The number of aliphatic hydroxyl groups excluding tert-OH is 1. The van der Waals surface area contributed by atoms with Crippen molar-refractivity contribution in [1.82, 2.24) is 0 Å². The molecule has 0 aromatic heterocycles. The second-order valence-electron chi connectivity index (χ2n) is 5.78. The van der Waals surface area contributed by atoms with Gasteiger partial charge in [0.1, 0.15) is 6.04 Å². The molecule has 0 heterocycles. The summed E-state index contributed by atoms with van der Waals surface area (Å²) in [6.07, 6.45) is 13.0. The Labute approximate surface area is 168 Å². The SMILES string of the molecule is N[C@@H](CS[C@H](/C=C/C=C/C=C\C=C\CC(=O)O)[C@@H](O)CCCC(=O)O)C(=O)O. The summed E-state index contributed by atoms with van der Waals surface area (Å²) in [4.78, 5) is 31.7. The first-order chi connectivity index (χ1) is 13.2. The summed E-state index contributed by atoms with van der Waals surface area (Å²) >= 11 is 1.19. The zero-order valence-electron chi connectivity index (χ0n) is 15.4. The summed E-state index contributed by atoms with van der Waals surface area (Å²) < 4.78 is 0. The Hall–Kier alpha value is -2.36. The highest BCUT2D eigenvalue weighted by Gasteiger charge is 2.20. The van der Waals surface area contributed by atoms with Gasteiger partial charge in [0.05, 0.1) is 12.5 Å². The maximum absolute atomic E-state index is 10.8. The number of allylic oxidation sites excluding steroid dienone is 6. The molecule has 28 heavy (non-hydrogen) atoms. The molecule has 0 spiro atoms. The maximum Gasteiger partial charge on any atom is 0.321 e. The summed E-state index contributed by atoms with van der Waals surface area (Å²) in [6.45, 7) is 0. The number of aliphatic carboxylic acids is 3. The van der Waals surface area contributed by atoms with Crippen LogP contribution in [0.4, 0.5) is 0 Å². The molecule has 0 saturated carbocycles. The number of hydrogen-bond donors (Lipinski definition) is 5. The lowest BCUT2D eigenvalue weighted by atomic mass is 10.1. The van der Waals surface area contributed by atoms with Crippen molar-refractivity contribution in [2.75, 3.05) is 5.75 Å². The number of nitrogens with two attached hydrogens (primary N) is 1. The molecule has 0 bridgehead atoms. The first-order valence-electron chi connectivity index (χ1n) is 8.62. The lowest BCUT2D eigenvalue weighted by molar-refractivity contribution is -0.138. The van der Waals surface area contributed by atoms with Crippen LogP contribution in [0.5, 0.6) is 0 Å². The van der Waals surface area contributed by atoms with Gasteiger partial charge >= 0.3 is 17.9 Å². The number of rotatable bonds is 15. The molecule has 0 aromatic rings. The Bertz CT molecular complexity index is 613. The van der Waals surface area contributed by atoms with Gasteiger partial charge in [-0.05, 0) is 12.8 Å². The van der Waals surface area contributed by atoms with Crippen LogP contribution >= 0.6 is 11.8 Å². The second-order valence-corrected chi connectivity index (χ2v) is 6.99. The third-order valence-corrected chi connectivity index (χ3v) is 4.75. The lowest BCUT2D eigenvalue weighted by Gasteiger charge is -2.20. The highest BCUT2D eigenvalue weighted by Crippen LogP contribution is 2.21. The number of aliphatic hydroxyl groups is 1. The zero-order chi connectivity index (χ0) is 21.4. The standard InChI is InChI=1S/C19H27NO7S/c20-14(19(26)27)13-28-16(15(21)9-8-12-18(24)25)10-6-4-2-1-3-5-7-11-17(22)23/h1-7,10,14-16,21H,8-9,11-13,20H2,(H,22,23)(H,24,25)(H,26,27)/b3-1-,4-2+,7-5+,10-6+/t14-,15-,16+/m0/s1. The molecule has 0 rings (SSSR count). The molecule has 0 aromatic carbocycles. The average molecular weight is 413 g/mol. The van der Waals surface area contributed by atoms with E-state index in [0.29, 0.717) is 6.42 Å². The maximum atomic E-state index is 10.8. The minimum atomic E-state index is -1.13. The van der Waals surface area contributed by atoms with E-state index in [2.05, 4.69) is 0 Å². The van der Waals surface area contributed by atoms with Crippen LogP contribution in [0.25, 0.3) is 0 Å². The van der Waals surface area contributed by atoms with Gasteiger partial charge in [-0.2, -0.15) is 0 Å². The average Bonchev–Trinajstić information content (AvgIpc) is 2.61. The molecule has 0 aliphatic rings. The smallest absolute Gasteiger partial charge is 0.321 e. The van der Waals surface area contributed by atoms with Gasteiger partial charge in [0.15, 0.2) is 0 Å². The summed E-state index contributed by atoms with van der Waals surface area (Å²) in [5, 5.41) is 35.9. The largest absolute Gasteiger partial charge is 0.481 e. The second kappa shape index (κ2) is 15.7. The van der Waals surface area contributed by atoms with E-state index in [-0.39, 0.29) is 25.0 Å². The van der Waals surface area contributed by atoms with E-state index in [0.717, 1.165) is 0 Å². The van der Waals surface area contributed by atoms with Crippen molar-refractivity contribution in [3.63, 3.8) is 0 Å². The minimum Gasteiger partial charge on any atom is -0.481 e. The summed E-state index contributed by atoms with van der Waals surface area (Å²) in [6, 6.07) is -1.05. The van der Waals surface area contributed by atoms with Crippen molar-refractivity contribution in [2.45, 2.75) is 43.1 Å². The predicted molar refractivity (Wildman–Crippen MR) is 108 cm³/mol. The quantitative estimate of drug-likeness (QED) is 0.252. The summed E-state index contributed by atoms with van der Waals surface area (Å²) in [5.41, 5.74) is 5.49. The van der Waals surface area contributed by atoms with Gasteiger partial charge in [-0.15, -0.1) is 11.8 Å². The van der Waals surface area contributed by atoms with E-state index in [4.69, 9.17) is 21.1 Å². The van der Waals surface area contributed by atoms with Crippen molar-refractivity contribution in [2.24, 2.45) is 5.73 Å². The van der Waals surface area contributed by atoms with E-state index >= 15 is 0 Å². The molecule has 6 N–H and O–H groups in total. The van der Waals surface area contributed by atoms with Gasteiger partial charge in [-0.25, -0.2) is 0 Å². The Morgan fingerprint density at radius 2 is 1.54 bits per heavy atom. The van der Waals surface area contributed by atoms with E-state index in [1.165, 1.54) is 17.8 Å². The first kappa shape index (κ1) is 25.6. The number of carbonyl (C=O) groups is 3. The molecule has 0 amide bonds. The number of carboxylic acid groups (broad SMARTS) is 3. The molecule has 0 aliphatic carbocycles. The monoisotopic (exact) mass is 413 g/mol. The van der Waals surface area contributed by atoms with E-state index < -0.39 is 35.3 Å². The van der Waals surface area contributed by atoms with Crippen molar-refractivity contribution in [3.05, 3.63) is 48.6 Å². The zero-order valence-corrected chi connectivity index (χ0v) is 16.2. The molecule has 3 atom stereocenters. The van der Waals surface area contributed by atoms with Crippen LogP contribution in [0.3, 0.4) is 0 Å². The third-order valence-electron chi connectivity index (χ3n) is 3.34. The molecule has 0 fully saturated rings. The predicted octanol–water partition coefficient (Wildman–Crippen LogP) is 1.82. The van der Waals surface area contributed by atoms with Crippen molar-refractivity contribution < 1.29 is 34.8 Å². The molecule has 156 valence electrons. The van der Waals surface area contributed by atoms with Gasteiger partial charge in [0.2, 0.25) is 0 Å². The fourth-order valence-electron chi connectivity index (χ4n) is 1.89. The molecular weight excluding hydrogens is 386 g/mol. The van der Waals surface area contributed by atoms with Crippen LogP contribution in [-0.4, -0.2) is 61.5 Å². The van der Waals surface area contributed by atoms with Crippen LogP contribution < -0.4 is 5.73 Å². The van der Waals surface area contributed by atoms with Crippen LogP contribution in [0.1, 0.15) is 25.7 Å².